The van der Waals surface area contributed by atoms with Crippen LogP contribution in [-0.2, 0) is 6.54 Å². The van der Waals surface area contributed by atoms with Crippen molar-refractivity contribution in [3.8, 4) is 0 Å². The number of nitrogens with one attached hydrogen (secondary N) is 1. The summed E-state index contributed by atoms with van der Waals surface area (Å²) in [5.41, 5.74) is 0. The molecule has 0 spiro atoms. The van der Waals surface area contributed by atoms with Crippen LogP contribution in [0.5, 0.6) is 0 Å². The standard InChI is InChI=1S/C7H10INS/c1-2-9-5-7-6(8)3-4-10-7/h3-4,9H,2,5H2,1H3. The molecule has 0 amide bonds. The second kappa shape index (κ2) is 4.31. The second-order valence-electron chi connectivity index (χ2n) is 1.97. The van der Waals surface area contributed by atoms with Crippen molar-refractivity contribution in [1.82, 2.24) is 5.32 Å². The first-order chi connectivity index (χ1) is 4.84. The Hall–Kier alpha value is 0.390. The van der Waals surface area contributed by atoms with Gasteiger partial charge in [0.1, 0.15) is 0 Å². The van der Waals surface area contributed by atoms with Crippen LogP contribution in [0, 0.1) is 3.57 Å². The lowest BCUT2D eigenvalue weighted by Gasteiger charge is -1.97. The molecule has 0 bridgehead atoms. The van der Waals surface area contributed by atoms with Gasteiger partial charge in [0.25, 0.3) is 0 Å². The van der Waals surface area contributed by atoms with E-state index in [1.54, 1.807) is 0 Å². The first kappa shape index (κ1) is 8.49. The molecule has 1 aromatic heterocycles. The summed E-state index contributed by atoms with van der Waals surface area (Å²) in [6.07, 6.45) is 0. The summed E-state index contributed by atoms with van der Waals surface area (Å²) in [4.78, 5) is 1.45. The molecule has 1 rings (SSSR count). The van der Waals surface area contributed by atoms with E-state index in [2.05, 4.69) is 46.3 Å². The van der Waals surface area contributed by atoms with Crippen LogP contribution < -0.4 is 5.32 Å². The molecule has 1 aromatic rings. The van der Waals surface area contributed by atoms with Crippen molar-refractivity contribution in [2.24, 2.45) is 0 Å². The Morgan fingerprint density at radius 1 is 1.70 bits per heavy atom. The number of thiophene rings is 1. The zero-order valence-electron chi connectivity index (χ0n) is 5.86. The first-order valence-electron chi connectivity index (χ1n) is 3.27. The van der Waals surface area contributed by atoms with Gasteiger partial charge in [-0.1, -0.05) is 6.92 Å². The third kappa shape index (κ3) is 2.21. The largest absolute Gasteiger partial charge is 0.312 e. The molecule has 10 heavy (non-hydrogen) atoms. The average Bonchev–Trinajstić information content (AvgIpc) is 2.31. The maximum Gasteiger partial charge on any atom is 0.0317 e. The highest BCUT2D eigenvalue weighted by molar-refractivity contribution is 14.1. The van der Waals surface area contributed by atoms with Crippen molar-refractivity contribution in [2.75, 3.05) is 6.54 Å². The average molecular weight is 267 g/mol. The molecule has 0 saturated carbocycles. The molecule has 0 aliphatic rings. The molecule has 0 aliphatic carbocycles. The highest BCUT2D eigenvalue weighted by atomic mass is 127. The lowest BCUT2D eigenvalue weighted by atomic mass is 10.4. The SMILES string of the molecule is CCNCc1sccc1I. The van der Waals surface area contributed by atoms with Crippen molar-refractivity contribution >= 4 is 33.9 Å². The molecule has 0 aliphatic heterocycles. The maximum absolute atomic E-state index is 3.30. The summed E-state index contributed by atoms with van der Waals surface area (Å²) >= 11 is 4.19. The fourth-order valence-electron chi connectivity index (χ4n) is 0.690. The molecule has 0 saturated heterocycles. The van der Waals surface area contributed by atoms with Gasteiger partial charge in [-0.05, 0) is 40.6 Å². The van der Waals surface area contributed by atoms with Crippen LogP contribution >= 0.6 is 33.9 Å². The monoisotopic (exact) mass is 267 g/mol. The zero-order valence-corrected chi connectivity index (χ0v) is 8.83. The van der Waals surface area contributed by atoms with E-state index in [-0.39, 0.29) is 0 Å². The molecule has 0 fully saturated rings. The lowest BCUT2D eigenvalue weighted by Crippen LogP contribution is -2.11. The minimum absolute atomic E-state index is 1.02. The van der Waals surface area contributed by atoms with Crippen molar-refractivity contribution in [1.29, 1.82) is 0 Å². The van der Waals surface area contributed by atoms with Gasteiger partial charge in [-0.25, -0.2) is 0 Å². The summed E-state index contributed by atoms with van der Waals surface area (Å²) in [6.45, 7) is 4.20. The molecular formula is C7H10INS. The van der Waals surface area contributed by atoms with E-state index < -0.39 is 0 Å². The molecule has 1 N–H and O–H groups in total. The summed E-state index contributed by atoms with van der Waals surface area (Å²) in [6, 6.07) is 2.15. The highest BCUT2D eigenvalue weighted by Gasteiger charge is 1.97. The van der Waals surface area contributed by atoms with Gasteiger partial charge in [-0.3, -0.25) is 0 Å². The van der Waals surface area contributed by atoms with Gasteiger partial charge < -0.3 is 5.32 Å². The topological polar surface area (TPSA) is 12.0 Å². The molecule has 0 aromatic carbocycles. The van der Waals surface area contributed by atoms with E-state index >= 15 is 0 Å². The lowest BCUT2D eigenvalue weighted by molar-refractivity contribution is 0.733. The van der Waals surface area contributed by atoms with Crippen LogP contribution in [0.3, 0.4) is 0 Å². The van der Waals surface area contributed by atoms with Crippen molar-refractivity contribution in [2.45, 2.75) is 13.5 Å². The molecule has 3 heteroatoms. The second-order valence-corrected chi connectivity index (χ2v) is 4.13. The normalized spacial score (nSPS) is 10.2. The number of halogens is 1. The third-order valence-corrected chi connectivity index (χ3v) is 3.52. The fraction of sp³-hybridized carbons (Fsp3) is 0.429. The van der Waals surface area contributed by atoms with Gasteiger partial charge >= 0.3 is 0 Å². The van der Waals surface area contributed by atoms with Crippen molar-refractivity contribution in [3.63, 3.8) is 0 Å². The number of rotatable bonds is 3. The van der Waals surface area contributed by atoms with Crippen LogP contribution in [-0.4, -0.2) is 6.54 Å². The van der Waals surface area contributed by atoms with E-state index in [0.717, 1.165) is 13.1 Å². The van der Waals surface area contributed by atoms with Gasteiger partial charge in [-0.15, -0.1) is 11.3 Å². The van der Waals surface area contributed by atoms with E-state index in [1.807, 2.05) is 11.3 Å². The Bertz CT molecular complexity index is 197. The van der Waals surface area contributed by atoms with E-state index in [9.17, 15) is 0 Å². The van der Waals surface area contributed by atoms with Gasteiger partial charge in [0.2, 0.25) is 0 Å². The predicted molar refractivity (Wildman–Crippen MR) is 54.4 cm³/mol. The smallest absolute Gasteiger partial charge is 0.0317 e. The Labute approximate surface area is 79.0 Å². The van der Waals surface area contributed by atoms with Gasteiger partial charge in [0.15, 0.2) is 0 Å². The Balaban J connectivity index is 2.49. The Morgan fingerprint density at radius 2 is 2.50 bits per heavy atom. The maximum atomic E-state index is 3.30. The predicted octanol–water partition coefficient (Wildman–Crippen LogP) is 2.46. The third-order valence-electron chi connectivity index (χ3n) is 1.23. The summed E-state index contributed by atoms with van der Waals surface area (Å²) in [5.74, 6) is 0. The number of hydrogen-bond acceptors (Lipinski definition) is 2. The molecule has 56 valence electrons. The first-order valence-corrected chi connectivity index (χ1v) is 5.23. The van der Waals surface area contributed by atoms with Crippen molar-refractivity contribution in [3.05, 3.63) is 19.9 Å². The molecule has 0 unspecified atom stereocenters. The number of hydrogen-bond donors (Lipinski definition) is 1. The minimum atomic E-state index is 1.02. The highest BCUT2D eigenvalue weighted by Crippen LogP contribution is 2.17. The summed E-state index contributed by atoms with van der Waals surface area (Å²) < 4.78 is 1.38. The fourth-order valence-corrected chi connectivity index (χ4v) is 2.42. The Morgan fingerprint density at radius 3 is 3.00 bits per heavy atom. The molecular weight excluding hydrogens is 257 g/mol. The molecule has 0 atom stereocenters. The van der Waals surface area contributed by atoms with Crippen LogP contribution in [0.4, 0.5) is 0 Å². The van der Waals surface area contributed by atoms with Crippen LogP contribution in [0.15, 0.2) is 11.4 Å². The van der Waals surface area contributed by atoms with Crippen LogP contribution in [0.25, 0.3) is 0 Å². The van der Waals surface area contributed by atoms with E-state index in [0.29, 0.717) is 0 Å². The van der Waals surface area contributed by atoms with E-state index in [1.165, 1.54) is 8.45 Å². The quantitative estimate of drug-likeness (QED) is 0.829. The van der Waals surface area contributed by atoms with Crippen LogP contribution in [0.2, 0.25) is 0 Å². The van der Waals surface area contributed by atoms with Crippen molar-refractivity contribution < 1.29 is 0 Å². The molecule has 1 nitrogen and oxygen atoms in total. The molecule has 1 heterocycles. The van der Waals surface area contributed by atoms with Gasteiger partial charge in [-0.2, -0.15) is 0 Å². The zero-order chi connectivity index (χ0) is 7.40. The van der Waals surface area contributed by atoms with Crippen LogP contribution in [0.1, 0.15) is 11.8 Å². The summed E-state index contributed by atoms with van der Waals surface area (Å²) in [7, 11) is 0. The van der Waals surface area contributed by atoms with Gasteiger partial charge in [0.05, 0.1) is 0 Å². The summed E-state index contributed by atoms with van der Waals surface area (Å²) in [5, 5.41) is 5.43. The Kier molecular flexibility index (Phi) is 3.65. The van der Waals surface area contributed by atoms with E-state index in [4.69, 9.17) is 0 Å². The minimum Gasteiger partial charge on any atom is -0.312 e. The van der Waals surface area contributed by atoms with Gasteiger partial charge in [0, 0.05) is 15.0 Å². The molecule has 0 radical (unpaired) electrons.